The number of Topliss-reactive ketones (excluding diaryl/α,β-unsaturated/α-hetero) is 1. The molecule has 3 aromatic carbocycles. The molecule has 5 rings (SSSR count). The van der Waals surface area contributed by atoms with Crippen LogP contribution in [0, 0.1) is 6.92 Å². The van der Waals surface area contributed by atoms with Crippen molar-refractivity contribution in [1.82, 2.24) is 4.31 Å². The number of sulfonamides is 1. The fourth-order valence-electron chi connectivity index (χ4n) is 5.56. The highest BCUT2D eigenvalue weighted by atomic mass is 32.2. The Hall–Kier alpha value is -3.28. The summed E-state index contributed by atoms with van der Waals surface area (Å²) < 4.78 is 29.3. The van der Waals surface area contributed by atoms with Crippen LogP contribution >= 0.6 is 0 Å². The third kappa shape index (κ3) is 4.86. The van der Waals surface area contributed by atoms with Gasteiger partial charge in [0, 0.05) is 18.7 Å². The summed E-state index contributed by atoms with van der Waals surface area (Å²) in [6.07, 6.45) is 3.54. The number of unbranched alkanes of at least 4 members (excludes halogenated alkanes) is 1. The summed E-state index contributed by atoms with van der Waals surface area (Å²) in [6, 6.07) is 26.7. The molecule has 0 bridgehead atoms. The maximum atomic E-state index is 14.2. The SMILES string of the molecule is CCCCC1=C2C(=C(c3ccccc3)C(=O)[C@@H]2c2ccccc2)CN(S(=O)(=O)c2ccc(C)cc2)CC1. The molecule has 1 heterocycles. The number of carbonyl (C=O) groups excluding carboxylic acids is 1. The van der Waals surface area contributed by atoms with E-state index < -0.39 is 15.9 Å². The maximum absolute atomic E-state index is 14.2. The zero-order valence-corrected chi connectivity index (χ0v) is 22.3. The van der Waals surface area contributed by atoms with E-state index in [-0.39, 0.29) is 12.3 Å². The zero-order valence-electron chi connectivity index (χ0n) is 21.5. The van der Waals surface area contributed by atoms with Crippen molar-refractivity contribution in [3.05, 3.63) is 118 Å². The van der Waals surface area contributed by atoms with Gasteiger partial charge in [0.05, 0.1) is 10.8 Å². The maximum Gasteiger partial charge on any atom is 0.243 e. The second-order valence-electron chi connectivity index (χ2n) is 9.95. The fourth-order valence-corrected chi connectivity index (χ4v) is 6.97. The van der Waals surface area contributed by atoms with E-state index in [4.69, 9.17) is 0 Å². The Labute approximate surface area is 220 Å². The molecule has 3 aromatic rings. The van der Waals surface area contributed by atoms with E-state index in [1.807, 2.05) is 79.7 Å². The average molecular weight is 512 g/mol. The van der Waals surface area contributed by atoms with Crippen molar-refractivity contribution in [2.75, 3.05) is 13.1 Å². The second kappa shape index (κ2) is 10.6. The zero-order chi connectivity index (χ0) is 26.0. The van der Waals surface area contributed by atoms with Crippen LogP contribution in [0.15, 0.2) is 107 Å². The van der Waals surface area contributed by atoms with Crippen LogP contribution in [-0.4, -0.2) is 31.6 Å². The molecule has 1 aliphatic heterocycles. The van der Waals surface area contributed by atoms with Crippen molar-refractivity contribution in [1.29, 1.82) is 0 Å². The first-order valence-electron chi connectivity index (χ1n) is 13.1. The first kappa shape index (κ1) is 25.4. The number of hydrogen-bond acceptors (Lipinski definition) is 3. The molecule has 1 atom stereocenters. The minimum Gasteiger partial charge on any atom is -0.293 e. The van der Waals surface area contributed by atoms with E-state index in [1.165, 1.54) is 5.57 Å². The molecule has 5 heteroatoms. The summed E-state index contributed by atoms with van der Waals surface area (Å²) in [4.78, 5) is 14.5. The minimum atomic E-state index is -3.73. The summed E-state index contributed by atoms with van der Waals surface area (Å²) in [5.74, 6) is -0.341. The Balaban J connectivity index is 1.69. The fraction of sp³-hybridized carbons (Fsp3) is 0.281. The second-order valence-corrected chi connectivity index (χ2v) is 11.9. The van der Waals surface area contributed by atoms with Crippen molar-refractivity contribution in [2.24, 2.45) is 0 Å². The van der Waals surface area contributed by atoms with E-state index in [9.17, 15) is 13.2 Å². The van der Waals surface area contributed by atoms with Crippen LogP contribution in [0.1, 0.15) is 55.2 Å². The van der Waals surface area contributed by atoms with Gasteiger partial charge in [0.15, 0.2) is 5.78 Å². The molecule has 0 N–H and O–H groups in total. The van der Waals surface area contributed by atoms with E-state index in [2.05, 4.69) is 6.92 Å². The van der Waals surface area contributed by atoms with E-state index >= 15 is 0 Å². The highest BCUT2D eigenvalue weighted by molar-refractivity contribution is 7.89. The Kier molecular flexibility index (Phi) is 7.27. The van der Waals surface area contributed by atoms with Gasteiger partial charge in [0.2, 0.25) is 10.0 Å². The molecule has 0 aromatic heterocycles. The van der Waals surface area contributed by atoms with Crippen LogP contribution in [0.5, 0.6) is 0 Å². The normalized spacial score (nSPS) is 18.8. The Morgan fingerprint density at radius 1 is 0.892 bits per heavy atom. The predicted molar refractivity (Wildman–Crippen MR) is 149 cm³/mol. The van der Waals surface area contributed by atoms with Gasteiger partial charge in [-0.1, -0.05) is 97.3 Å². The average Bonchev–Trinajstić information content (AvgIpc) is 3.07. The molecule has 4 nitrogen and oxygen atoms in total. The van der Waals surface area contributed by atoms with Gasteiger partial charge in [-0.15, -0.1) is 0 Å². The van der Waals surface area contributed by atoms with Gasteiger partial charge in [-0.2, -0.15) is 4.31 Å². The highest BCUT2D eigenvalue weighted by Gasteiger charge is 2.43. The lowest BCUT2D eigenvalue weighted by molar-refractivity contribution is -0.114. The molecule has 0 unspecified atom stereocenters. The van der Waals surface area contributed by atoms with Crippen LogP contribution in [-0.2, 0) is 14.8 Å². The first-order chi connectivity index (χ1) is 17.9. The Morgan fingerprint density at radius 3 is 2.19 bits per heavy atom. The molecule has 0 radical (unpaired) electrons. The number of benzene rings is 3. The van der Waals surface area contributed by atoms with Gasteiger partial charge in [-0.05, 0) is 60.6 Å². The van der Waals surface area contributed by atoms with Crippen LogP contribution in [0.25, 0.3) is 5.57 Å². The number of aryl methyl sites for hydroxylation is 1. The molecular formula is C32H33NO3S. The number of allylic oxidation sites excluding steroid dienone is 1. The topological polar surface area (TPSA) is 54.5 Å². The van der Waals surface area contributed by atoms with E-state index in [0.29, 0.717) is 23.4 Å². The number of hydrogen-bond donors (Lipinski definition) is 0. The summed E-state index contributed by atoms with van der Waals surface area (Å²) in [7, 11) is -3.73. The molecule has 37 heavy (non-hydrogen) atoms. The first-order valence-corrected chi connectivity index (χ1v) is 14.5. The van der Waals surface area contributed by atoms with Gasteiger partial charge in [0.25, 0.3) is 0 Å². The molecule has 190 valence electrons. The predicted octanol–water partition coefficient (Wildman–Crippen LogP) is 6.70. The monoisotopic (exact) mass is 511 g/mol. The molecule has 0 spiro atoms. The Morgan fingerprint density at radius 2 is 1.54 bits per heavy atom. The number of carbonyl (C=O) groups is 1. The summed E-state index contributed by atoms with van der Waals surface area (Å²) >= 11 is 0. The quantitative estimate of drug-likeness (QED) is 0.355. The molecule has 1 aliphatic carbocycles. The largest absolute Gasteiger partial charge is 0.293 e. The molecule has 2 aliphatic rings. The standard InChI is InChI=1S/C32H33NO3S/c1-3-4-11-26-20-21-33(37(35,36)27-18-16-23(2)17-19-27)22-28-29(26)31(25-14-9-6-10-15-25)32(34)30(28)24-12-7-5-8-13-24/h5-10,12-19,31H,3-4,11,20-22H2,1-2H3/t31-/m1/s1. The highest BCUT2D eigenvalue weighted by Crippen LogP contribution is 2.49. The van der Waals surface area contributed by atoms with Crippen molar-refractivity contribution >= 4 is 21.4 Å². The van der Waals surface area contributed by atoms with Crippen LogP contribution in [0.2, 0.25) is 0 Å². The number of fused-ring (bicyclic) bond motifs is 1. The van der Waals surface area contributed by atoms with Crippen molar-refractivity contribution in [2.45, 2.75) is 50.3 Å². The summed E-state index contributed by atoms with van der Waals surface area (Å²) in [6.45, 7) is 4.71. The minimum absolute atomic E-state index is 0.0611. The Bertz CT molecular complexity index is 1450. The molecule has 0 fully saturated rings. The third-order valence-electron chi connectivity index (χ3n) is 7.49. The molecule has 0 saturated heterocycles. The van der Waals surface area contributed by atoms with Crippen LogP contribution < -0.4 is 0 Å². The van der Waals surface area contributed by atoms with E-state index in [1.54, 1.807) is 16.4 Å². The van der Waals surface area contributed by atoms with Gasteiger partial charge in [-0.25, -0.2) is 8.42 Å². The lowest BCUT2D eigenvalue weighted by Gasteiger charge is -2.22. The summed E-state index contributed by atoms with van der Waals surface area (Å²) in [5.41, 5.74) is 6.62. The van der Waals surface area contributed by atoms with Crippen LogP contribution in [0.3, 0.4) is 0 Å². The van der Waals surface area contributed by atoms with Gasteiger partial charge in [-0.3, -0.25) is 4.79 Å². The number of ketones is 1. The number of nitrogens with zero attached hydrogens (tertiary/aromatic N) is 1. The van der Waals surface area contributed by atoms with E-state index in [0.717, 1.165) is 47.1 Å². The summed E-state index contributed by atoms with van der Waals surface area (Å²) in [5, 5.41) is 0. The smallest absolute Gasteiger partial charge is 0.243 e. The van der Waals surface area contributed by atoms with Crippen molar-refractivity contribution in [3.63, 3.8) is 0 Å². The van der Waals surface area contributed by atoms with Gasteiger partial charge in [0.1, 0.15) is 0 Å². The van der Waals surface area contributed by atoms with Gasteiger partial charge < -0.3 is 0 Å². The molecule has 0 amide bonds. The van der Waals surface area contributed by atoms with Crippen molar-refractivity contribution < 1.29 is 13.2 Å². The van der Waals surface area contributed by atoms with Gasteiger partial charge >= 0.3 is 0 Å². The molecule has 0 saturated carbocycles. The van der Waals surface area contributed by atoms with Crippen LogP contribution in [0.4, 0.5) is 0 Å². The third-order valence-corrected chi connectivity index (χ3v) is 9.35. The lowest BCUT2D eigenvalue weighted by atomic mass is 9.85. The van der Waals surface area contributed by atoms with Crippen molar-refractivity contribution in [3.8, 4) is 0 Å². The lowest BCUT2D eigenvalue weighted by Crippen LogP contribution is -2.33. The molecular weight excluding hydrogens is 478 g/mol. The number of rotatable bonds is 7.